The third-order valence-electron chi connectivity index (χ3n) is 4.31. The van der Waals surface area contributed by atoms with Gasteiger partial charge in [-0.25, -0.2) is 4.68 Å². The molecule has 2 N–H and O–H groups in total. The number of amidine groups is 1. The van der Waals surface area contributed by atoms with E-state index in [9.17, 15) is 28.1 Å². The van der Waals surface area contributed by atoms with Crippen molar-refractivity contribution in [3.63, 3.8) is 0 Å². The van der Waals surface area contributed by atoms with Gasteiger partial charge in [0.05, 0.1) is 27.9 Å². The number of thioether (sulfide) groups is 1. The summed E-state index contributed by atoms with van der Waals surface area (Å²) in [5.74, 6) is -0.393. The summed E-state index contributed by atoms with van der Waals surface area (Å²) in [4.78, 5) is 25.7. The fourth-order valence-corrected chi connectivity index (χ4v) is 3.85. The molecule has 0 bridgehead atoms. The number of nitro groups is 1. The number of nitro benzene ring substituents is 1. The molecule has 1 aliphatic heterocycles. The molecule has 8 nitrogen and oxygen atoms in total. The van der Waals surface area contributed by atoms with E-state index >= 15 is 0 Å². The van der Waals surface area contributed by atoms with Gasteiger partial charge in [0.25, 0.3) is 11.6 Å². The lowest BCUT2D eigenvalue weighted by atomic mass is 10.1. The van der Waals surface area contributed by atoms with Crippen LogP contribution in [0, 0.1) is 10.1 Å². The van der Waals surface area contributed by atoms with Gasteiger partial charge in [-0.15, -0.1) is 0 Å². The fraction of sp³-hybridized carbons (Fsp3) is 0.118. The maximum atomic E-state index is 13.4. The first-order valence-electron chi connectivity index (χ1n) is 8.03. The van der Waals surface area contributed by atoms with Crippen molar-refractivity contribution >= 4 is 39.4 Å². The number of carbonyl (C=O) groups is 1. The maximum absolute atomic E-state index is 13.4. The third-order valence-corrected chi connectivity index (χ3v) is 5.36. The van der Waals surface area contributed by atoms with Crippen molar-refractivity contribution < 1.29 is 22.9 Å². The number of carbonyl (C=O) groups excluding carboxylic acids is 1. The van der Waals surface area contributed by atoms with Gasteiger partial charge in [0, 0.05) is 17.5 Å². The molecular formula is C17H10F3N5O3S. The lowest BCUT2D eigenvalue weighted by Gasteiger charge is -2.10. The van der Waals surface area contributed by atoms with Crippen molar-refractivity contribution in [3.05, 3.63) is 63.8 Å². The summed E-state index contributed by atoms with van der Waals surface area (Å²) in [6, 6.07) is 7.84. The first-order chi connectivity index (χ1) is 13.6. The number of non-ortho nitro benzene ring substituents is 1. The van der Waals surface area contributed by atoms with Crippen LogP contribution in [0.2, 0.25) is 0 Å². The molecule has 12 heteroatoms. The number of aliphatic imine (C=N–C) groups is 1. The number of nitrogens with two attached hydrogens (primary N) is 1. The summed E-state index contributed by atoms with van der Waals surface area (Å²) in [6.07, 6.45) is -3.76. The molecule has 1 atom stereocenters. The highest BCUT2D eigenvalue weighted by molar-refractivity contribution is 8.15. The Morgan fingerprint density at radius 3 is 2.45 bits per heavy atom. The Morgan fingerprint density at radius 2 is 1.90 bits per heavy atom. The summed E-state index contributed by atoms with van der Waals surface area (Å²) in [7, 11) is 0. The number of halogens is 3. The normalized spacial score (nSPS) is 17.0. The van der Waals surface area contributed by atoms with E-state index in [1.165, 1.54) is 4.68 Å². The number of amides is 1. The number of benzene rings is 2. The summed E-state index contributed by atoms with van der Waals surface area (Å²) in [6.45, 7) is 0. The number of hydrogen-bond acceptors (Lipinski definition) is 6. The second kappa shape index (κ2) is 6.58. The van der Waals surface area contributed by atoms with Gasteiger partial charge in [-0.3, -0.25) is 14.9 Å². The molecular weight excluding hydrogens is 411 g/mol. The van der Waals surface area contributed by atoms with E-state index in [0.717, 1.165) is 24.0 Å². The Bertz CT molecular complexity index is 1190. The standard InChI is InChI=1S/C17H10F3N5O3S/c18-17(19,20)12-5-10(25(27)28)6-13-11(12)7-22-24(13)9-3-1-8(2-4-9)14-15(26)23-16(21)29-14/h1-7,14H,(H2,21,23,26). The topological polar surface area (TPSA) is 116 Å². The predicted molar refractivity (Wildman–Crippen MR) is 99.7 cm³/mol. The van der Waals surface area contributed by atoms with E-state index < -0.39 is 33.5 Å². The van der Waals surface area contributed by atoms with E-state index in [1.807, 2.05) is 0 Å². The quantitative estimate of drug-likeness (QED) is 0.510. The number of rotatable bonds is 3. The highest BCUT2D eigenvalue weighted by atomic mass is 32.2. The lowest BCUT2D eigenvalue weighted by molar-refractivity contribution is -0.385. The molecule has 1 amide bonds. The van der Waals surface area contributed by atoms with E-state index in [-0.39, 0.29) is 16.1 Å². The number of aromatic nitrogens is 2. The summed E-state index contributed by atoms with van der Waals surface area (Å²) < 4.78 is 41.2. The monoisotopic (exact) mass is 421 g/mol. The highest BCUT2D eigenvalue weighted by Crippen LogP contribution is 2.39. The SMILES string of the molecule is NC1=NC(=O)C(c2ccc(-n3ncc4c(C(F)(F)F)cc([N+](=O)[O-])cc43)cc2)S1. The number of fused-ring (bicyclic) bond motifs is 1. The fourth-order valence-electron chi connectivity index (χ4n) is 3.02. The van der Waals surface area contributed by atoms with E-state index in [1.54, 1.807) is 24.3 Å². The van der Waals surface area contributed by atoms with Gasteiger partial charge >= 0.3 is 6.18 Å². The van der Waals surface area contributed by atoms with Crippen LogP contribution in [0.4, 0.5) is 18.9 Å². The van der Waals surface area contributed by atoms with Gasteiger partial charge in [-0.1, -0.05) is 23.9 Å². The molecule has 29 heavy (non-hydrogen) atoms. The van der Waals surface area contributed by atoms with Crippen LogP contribution in [0.25, 0.3) is 16.6 Å². The van der Waals surface area contributed by atoms with Crippen molar-refractivity contribution in [3.8, 4) is 5.69 Å². The van der Waals surface area contributed by atoms with Crippen LogP contribution in [0.5, 0.6) is 0 Å². The van der Waals surface area contributed by atoms with Gasteiger partial charge in [0.1, 0.15) is 5.25 Å². The predicted octanol–water partition coefficient (Wildman–Crippen LogP) is 3.58. The highest BCUT2D eigenvalue weighted by Gasteiger charge is 2.36. The van der Waals surface area contributed by atoms with Gasteiger partial charge < -0.3 is 5.73 Å². The molecule has 1 aromatic heterocycles. The Morgan fingerprint density at radius 1 is 1.21 bits per heavy atom. The zero-order chi connectivity index (χ0) is 20.9. The molecule has 3 aromatic rings. The summed E-state index contributed by atoms with van der Waals surface area (Å²) >= 11 is 1.10. The molecule has 148 valence electrons. The van der Waals surface area contributed by atoms with E-state index in [0.29, 0.717) is 17.3 Å². The first-order valence-corrected chi connectivity index (χ1v) is 8.91. The molecule has 0 spiro atoms. The maximum Gasteiger partial charge on any atom is 0.417 e. The van der Waals surface area contributed by atoms with Gasteiger partial charge in [0.15, 0.2) is 5.17 Å². The molecule has 1 aliphatic rings. The largest absolute Gasteiger partial charge is 0.417 e. The van der Waals surface area contributed by atoms with Crippen molar-refractivity contribution in [1.82, 2.24) is 9.78 Å². The molecule has 2 aromatic carbocycles. The molecule has 4 rings (SSSR count). The molecule has 0 fully saturated rings. The molecule has 0 aliphatic carbocycles. The Hall–Kier alpha value is -3.41. The van der Waals surface area contributed by atoms with Crippen LogP contribution in [0.3, 0.4) is 0 Å². The van der Waals surface area contributed by atoms with Crippen LogP contribution in [-0.2, 0) is 11.0 Å². The lowest BCUT2D eigenvalue weighted by Crippen LogP contribution is -2.07. The smallest absolute Gasteiger partial charge is 0.378 e. The molecule has 0 saturated heterocycles. The minimum absolute atomic E-state index is 0.0572. The van der Waals surface area contributed by atoms with Gasteiger partial charge in [0.2, 0.25) is 0 Å². The van der Waals surface area contributed by atoms with Crippen LogP contribution < -0.4 is 5.73 Å². The zero-order valence-electron chi connectivity index (χ0n) is 14.3. The Balaban J connectivity index is 1.79. The van der Waals surface area contributed by atoms with Crippen molar-refractivity contribution in [2.45, 2.75) is 11.4 Å². The average molecular weight is 421 g/mol. The molecule has 1 unspecified atom stereocenters. The minimum Gasteiger partial charge on any atom is -0.378 e. The van der Waals surface area contributed by atoms with Crippen molar-refractivity contribution in [2.24, 2.45) is 10.7 Å². The number of hydrogen-bond donors (Lipinski definition) is 1. The van der Waals surface area contributed by atoms with Crippen LogP contribution >= 0.6 is 11.8 Å². The van der Waals surface area contributed by atoms with Crippen molar-refractivity contribution in [1.29, 1.82) is 0 Å². The summed E-state index contributed by atoms with van der Waals surface area (Å²) in [5, 5.41) is 14.4. The van der Waals surface area contributed by atoms with Crippen LogP contribution in [0.15, 0.2) is 47.6 Å². The second-order valence-electron chi connectivity index (χ2n) is 6.12. The number of nitrogens with zero attached hydrogens (tertiary/aromatic N) is 4. The van der Waals surface area contributed by atoms with E-state index in [4.69, 9.17) is 5.73 Å². The van der Waals surface area contributed by atoms with Crippen LogP contribution in [0.1, 0.15) is 16.4 Å². The van der Waals surface area contributed by atoms with E-state index in [2.05, 4.69) is 10.1 Å². The Kier molecular flexibility index (Phi) is 4.30. The molecule has 2 heterocycles. The zero-order valence-corrected chi connectivity index (χ0v) is 15.1. The van der Waals surface area contributed by atoms with Crippen LogP contribution in [-0.4, -0.2) is 25.8 Å². The van der Waals surface area contributed by atoms with Crippen molar-refractivity contribution in [2.75, 3.05) is 0 Å². The second-order valence-corrected chi connectivity index (χ2v) is 7.24. The third kappa shape index (κ3) is 3.31. The number of alkyl halides is 3. The average Bonchev–Trinajstić information content (AvgIpc) is 3.22. The molecule has 0 radical (unpaired) electrons. The van der Waals surface area contributed by atoms with Gasteiger partial charge in [-0.2, -0.15) is 23.3 Å². The Labute approximate surface area is 164 Å². The van der Waals surface area contributed by atoms with Gasteiger partial charge in [-0.05, 0) is 17.7 Å². The first kappa shape index (κ1) is 18.9. The summed E-state index contributed by atoms with van der Waals surface area (Å²) in [5.41, 5.74) is 4.65. The minimum atomic E-state index is -4.78. The molecule has 0 saturated carbocycles.